The van der Waals surface area contributed by atoms with Crippen molar-refractivity contribution in [3.8, 4) is 0 Å². The summed E-state index contributed by atoms with van der Waals surface area (Å²) in [4.78, 5) is -0.239. The van der Waals surface area contributed by atoms with E-state index in [0.717, 1.165) is 6.42 Å². The van der Waals surface area contributed by atoms with Crippen LogP contribution in [0.3, 0.4) is 0 Å². The third kappa shape index (κ3) is 3.93. The molecule has 0 radical (unpaired) electrons. The van der Waals surface area contributed by atoms with Gasteiger partial charge < -0.3 is 5.32 Å². The van der Waals surface area contributed by atoms with E-state index in [4.69, 9.17) is 11.6 Å². The quantitative estimate of drug-likeness (QED) is 0.576. The highest BCUT2D eigenvalue weighted by Gasteiger charge is 2.39. The highest BCUT2D eigenvalue weighted by Crippen LogP contribution is 2.32. The minimum Gasteiger partial charge on any atom is -0.309 e. The van der Waals surface area contributed by atoms with Gasteiger partial charge in [0.25, 0.3) is 0 Å². The van der Waals surface area contributed by atoms with Gasteiger partial charge in [-0.2, -0.15) is 0 Å². The van der Waals surface area contributed by atoms with Crippen LogP contribution in [0.4, 0.5) is 0 Å². The summed E-state index contributed by atoms with van der Waals surface area (Å²) in [6, 6.07) is 1.34. The van der Waals surface area contributed by atoms with Crippen molar-refractivity contribution in [2.24, 2.45) is 0 Å². The first kappa shape index (κ1) is 13.3. The Morgan fingerprint density at radius 3 is 2.33 bits per heavy atom. The second-order valence-electron chi connectivity index (χ2n) is 5.28. The predicted molar refractivity (Wildman–Crippen MR) is 67.4 cm³/mol. The first-order valence-electron chi connectivity index (χ1n) is 6.16. The van der Waals surface area contributed by atoms with Gasteiger partial charge in [-0.25, -0.2) is 0 Å². The van der Waals surface area contributed by atoms with Gasteiger partial charge in [-0.15, -0.1) is 11.6 Å². The summed E-state index contributed by atoms with van der Waals surface area (Å²) < 4.78 is 0. The standard InChI is InChI=1S/C12H25ClN2/c1-9(2)14-11-7-5-6-8-12(11,13)15-10(3)4/h9-11,14-15H,5-8H2,1-4H3. The monoisotopic (exact) mass is 232 g/mol. The topological polar surface area (TPSA) is 24.1 Å². The summed E-state index contributed by atoms with van der Waals surface area (Å²) in [7, 11) is 0. The number of hydrogen-bond donors (Lipinski definition) is 2. The van der Waals surface area contributed by atoms with Gasteiger partial charge in [0.1, 0.15) is 5.00 Å². The van der Waals surface area contributed by atoms with Gasteiger partial charge in [-0.1, -0.05) is 26.7 Å². The van der Waals surface area contributed by atoms with Crippen molar-refractivity contribution < 1.29 is 0 Å². The van der Waals surface area contributed by atoms with Gasteiger partial charge in [0, 0.05) is 18.1 Å². The maximum atomic E-state index is 6.71. The van der Waals surface area contributed by atoms with Crippen molar-refractivity contribution in [2.75, 3.05) is 0 Å². The Hall–Kier alpha value is 0.210. The molecule has 3 heteroatoms. The molecule has 0 spiro atoms. The fraction of sp³-hybridized carbons (Fsp3) is 1.00. The summed E-state index contributed by atoms with van der Waals surface area (Å²) in [5.74, 6) is 0. The minimum atomic E-state index is -0.239. The maximum Gasteiger partial charge on any atom is 0.109 e. The van der Waals surface area contributed by atoms with Crippen LogP contribution in [0, 0.1) is 0 Å². The average molecular weight is 233 g/mol. The third-order valence-electron chi connectivity index (χ3n) is 2.90. The second kappa shape index (κ2) is 5.51. The average Bonchev–Trinajstić information content (AvgIpc) is 2.07. The molecule has 0 heterocycles. The Bertz CT molecular complexity index is 194. The fourth-order valence-electron chi connectivity index (χ4n) is 2.40. The number of alkyl halides is 1. The van der Waals surface area contributed by atoms with Crippen molar-refractivity contribution in [3.05, 3.63) is 0 Å². The van der Waals surface area contributed by atoms with Gasteiger partial charge in [0.2, 0.25) is 0 Å². The van der Waals surface area contributed by atoms with Crippen LogP contribution in [0.2, 0.25) is 0 Å². The Labute approximate surface area is 99.2 Å². The fourth-order valence-corrected chi connectivity index (χ4v) is 2.93. The smallest absolute Gasteiger partial charge is 0.109 e. The van der Waals surface area contributed by atoms with E-state index in [2.05, 4.69) is 38.3 Å². The highest BCUT2D eigenvalue weighted by molar-refractivity contribution is 6.24. The molecule has 0 bridgehead atoms. The van der Waals surface area contributed by atoms with Crippen LogP contribution in [0.15, 0.2) is 0 Å². The molecule has 90 valence electrons. The van der Waals surface area contributed by atoms with Crippen molar-refractivity contribution in [1.82, 2.24) is 10.6 Å². The number of hydrogen-bond acceptors (Lipinski definition) is 2. The van der Waals surface area contributed by atoms with Crippen LogP contribution in [0.5, 0.6) is 0 Å². The van der Waals surface area contributed by atoms with Crippen molar-refractivity contribution in [2.45, 2.75) is 76.5 Å². The SMILES string of the molecule is CC(C)NC1CCCCC1(Cl)NC(C)C. The molecule has 0 aromatic heterocycles. The summed E-state index contributed by atoms with van der Waals surface area (Å²) in [5, 5.41) is 7.10. The number of halogens is 1. The van der Waals surface area contributed by atoms with E-state index < -0.39 is 0 Å². The van der Waals surface area contributed by atoms with Gasteiger partial charge in [-0.3, -0.25) is 5.32 Å². The Balaban J connectivity index is 2.62. The molecule has 15 heavy (non-hydrogen) atoms. The Kier molecular flexibility index (Phi) is 4.88. The molecule has 1 saturated carbocycles. The Morgan fingerprint density at radius 1 is 1.13 bits per heavy atom. The molecule has 1 aliphatic rings. The molecular formula is C12H25ClN2. The summed E-state index contributed by atoms with van der Waals surface area (Å²) in [6.45, 7) is 8.68. The number of nitrogens with one attached hydrogen (secondary N) is 2. The van der Waals surface area contributed by atoms with E-state index in [9.17, 15) is 0 Å². The molecule has 0 aromatic rings. The van der Waals surface area contributed by atoms with Gasteiger partial charge >= 0.3 is 0 Å². The van der Waals surface area contributed by atoms with E-state index in [-0.39, 0.29) is 5.00 Å². The van der Waals surface area contributed by atoms with Crippen LogP contribution in [0.1, 0.15) is 53.4 Å². The lowest BCUT2D eigenvalue weighted by molar-refractivity contribution is 0.224. The molecular weight excluding hydrogens is 208 g/mol. The van der Waals surface area contributed by atoms with Crippen LogP contribution in [0.25, 0.3) is 0 Å². The van der Waals surface area contributed by atoms with Crippen molar-refractivity contribution in [1.29, 1.82) is 0 Å². The van der Waals surface area contributed by atoms with Gasteiger partial charge in [0.15, 0.2) is 0 Å². The lowest BCUT2D eigenvalue weighted by Crippen LogP contribution is -2.60. The van der Waals surface area contributed by atoms with Crippen molar-refractivity contribution in [3.63, 3.8) is 0 Å². The number of rotatable bonds is 4. The lowest BCUT2D eigenvalue weighted by Gasteiger charge is -2.42. The summed E-state index contributed by atoms with van der Waals surface area (Å²) in [6.07, 6.45) is 4.77. The summed E-state index contributed by atoms with van der Waals surface area (Å²) in [5.41, 5.74) is 0. The second-order valence-corrected chi connectivity index (χ2v) is 5.96. The molecule has 2 nitrogen and oxygen atoms in total. The first-order valence-corrected chi connectivity index (χ1v) is 6.54. The van der Waals surface area contributed by atoms with Gasteiger partial charge in [-0.05, 0) is 26.7 Å². The van der Waals surface area contributed by atoms with Crippen LogP contribution >= 0.6 is 11.6 Å². The minimum absolute atomic E-state index is 0.239. The van der Waals surface area contributed by atoms with Crippen LogP contribution < -0.4 is 10.6 Å². The van der Waals surface area contributed by atoms with E-state index >= 15 is 0 Å². The molecule has 1 fully saturated rings. The zero-order chi connectivity index (χ0) is 11.5. The van der Waals surface area contributed by atoms with E-state index in [1.807, 2.05) is 0 Å². The molecule has 0 saturated heterocycles. The highest BCUT2D eigenvalue weighted by atomic mass is 35.5. The van der Waals surface area contributed by atoms with Crippen molar-refractivity contribution >= 4 is 11.6 Å². The normalized spacial score (nSPS) is 32.6. The van der Waals surface area contributed by atoms with Gasteiger partial charge in [0.05, 0.1) is 0 Å². The lowest BCUT2D eigenvalue weighted by atomic mass is 9.88. The van der Waals surface area contributed by atoms with Crippen LogP contribution in [-0.2, 0) is 0 Å². The zero-order valence-electron chi connectivity index (χ0n) is 10.4. The molecule has 2 unspecified atom stereocenters. The Morgan fingerprint density at radius 2 is 1.80 bits per heavy atom. The molecule has 2 atom stereocenters. The first-order chi connectivity index (χ1) is 6.94. The van der Waals surface area contributed by atoms with Crippen LogP contribution in [-0.4, -0.2) is 23.1 Å². The molecule has 1 rings (SSSR count). The van der Waals surface area contributed by atoms with E-state index in [1.54, 1.807) is 0 Å². The predicted octanol–water partition coefficient (Wildman–Crippen LogP) is 2.86. The zero-order valence-corrected chi connectivity index (χ0v) is 11.2. The third-order valence-corrected chi connectivity index (χ3v) is 3.46. The van der Waals surface area contributed by atoms with E-state index in [0.29, 0.717) is 18.1 Å². The maximum absolute atomic E-state index is 6.71. The molecule has 0 amide bonds. The molecule has 0 aliphatic heterocycles. The largest absolute Gasteiger partial charge is 0.309 e. The molecule has 2 N–H and O–H groups in total. The molecule has 1 aliphatic carbocycles. The van der Waals surface area contributed by atoms with E-state index in [1.165, 1.54) is 19.3 Å². The molecule has 0 aromatic carbocycles. The summed E-state index contributed by atoms with van der Waals surface area (Å²) >= 11 is 6.71.